The lowest BCUT2D eigenvalue weighted by atomic mass is 10.3. The van der Waals surface area contributed by atoms with Crippen molar-refractivity contribution >= 4 is 40.3 Å². The second-order valence-corrected chi connectivity index (χ2v) is 4.85. The summed E-state index contributed by atoms with van der Waals surface area (Å²) in [6.45, 7) is 3.98. The standard InChI is InChI=1S/C11H14ClN3O2S/c1-7(2)14(3)11(18)13-10-6-8(15(16)17)4-5-9(10)12/h4-7H,1-3H3,(H,13,18). The van der Waals surface area contributed by atoms with Gasteiger partial charge in [-0.05, 0) is 32.1 Å². The van der Waals surface area contributed by atoms with Gasteiger partial charge in [-0.15, -0.1) is 0 Å². The third-order valence-electron chi connectivity index (χ3n) is 2.50. The van der Waals surface area contributed by atoms with Gasteiger partial charge in [0.05, 0.1) is 15.6 Å². The SMILES string of the molecule is CC(C)N(C)C(=S)Nc1cc([N+](=O)[O-])ccc1Cl. The quantitative estimate of drug-likeness (QED) is 0.525. The lowest BCUT2D eigenvalue weighted by molar-refractivity contribution is -0.384. The Labute approximate surface area is 116 Å². The van der Waals surface area contributed by atoms with Crippen LogP contribution in [0, 0.1) is 10.1 Å². The van der Waals surface area contributed by atoms with Crippen LogP contribution in [0.15, 0.2) is 18.2 Å². The van der Waals surface area contributed by atoms with Gasteiger partial charge in [-0.3, -0.25) is 10.1 Å². The van der Waals surface area contributed by atoms with E-state index in [-0.39, 0.29) is 11.7 Å². The number of rotatable bonds is 3. The Morgan fingerprint density at radius 3 is 2.67 bits per heavy atom. The minimum atomic E-state index is -0.475. The Balaban J connectivity index is 2.93. The summed E-state index contributed by atoms with van der Waals surface area (Å²) in [5, 5.41) is 14.4. The lowest BCUT2D eigenvalue weighted by Crippen LogP contribution is -2.36. The molecule has 0 aliphatic carbocycles. The topological polar surface area (TPSA) is 58.4 Å². The van der Waals surface area contributed by atoms with Crippen molar-refractivity contribution in [2.24, 2.45) is 0 Å². The molecule has 0 aromatic heterocycles. The minimum Gasteiger partial charge on any atom is -0.350 e. The largest absolute Gasteiger partial charge is 0.350 e. The van der Waals surface area contributed by atoms with Crippen LogP contribution in [0.25, 0.3) is 0 Å². The van der Waals surface area contributed by atoms with E-state index in [1.165, 1.54) is 18.2 Å². The fraction of sp³-hybridized carbons (Fsp3) is 0.364. The Morgan fingerprint density at radius 1 is 1.56 bits per heavy atom. The number of nitro benzene ring substituents is 1. The first-order valence-corrected chi connectivity index (χ1v) is 6.09. The molecule has 7 heteroatoms. The molecular formula is C11H14ClN3O2S. The van der Waals surface area contributed by atoms with Crippen LogP contribution in [0.4, 0.5) is 11.4 Å². The van der Waals surface area contributed by atoms with Gasteiger partial charge in [0.15, 0.2) is 5.11 Å². The molecule has 0 aliphatic heterocycles. The van der Waals surface area contributed by atoms with Gasteiger partial charge in [0.1, 0.15) is 0 Å². The maximum atomic E-state index is 10.7. The molecule has 0 saturated heterocycles. The number of halogens is 1. The van der Waals surface area contributed by atoms with E-state index < -0.39 is 4.92 Å². The summed E-state index contributed by atoms with van der Waals surface area (Å²) in [4.78, 5) is 12.0. The van der Waals surface area contributed by atoms with Crippen LogP contribution in [-0.4, -0.2) is 28.0 Å². The number of benzene rings is 1. The van der Waals surface area contributed by atoms with E-state index in [1.807, 2.05) is 25.8 Å². The molecule has 0 unspecified atom stereocenters. The highest BCUT2D eigenvalue weighted by Gasteiger charge is 2.13. The number of nitrogens with zero attached hydrogens (tertiary/aromatic N) is 2. The van der Waals surface area contributed by atoms with Crippen molar-refractivity contribution < 1.29 is 4.92 Å². The number of nitro groups is 1. The van der Waals surface area contributed by atoms with E-state index in [1.54, 1.807) is 0 Å². The Bertz CT molecular complexity index is 479. The molecule has 18 heavy (non-hydrogen) atoms. The van der Waals surface area contributed by atoms with Gasteiger partial charge in [-0.1, -0.05) is 11.6 Å². The van der Waals surface area contributed by atoms with Crippen molar-refractivity contribution in [1.29, 1.82) is 0 Å². The highest BCUT2D eigenvalue weighted by molar-refractivity contribution is 7.80. The van der Waals surface area contributed by atoms with Crippen molar-refractivity contribution in [3.8, 4) is 0 Å². The molecule has 0 radical (unpaired) electrons. The molecule has 1 rings (SSSR count). The molecule has 1 aromatic carbocycles. The van der Waals surface area contributed by atoms with Crippen LogP contribution >= 0.6 is 23.8 Å². The maximum absolute atomic E-state index is 10.7. The molecule has 0 fully saturated rings. The smallest absolute Gasteiger partial charge is 0.271 e. The minimum absolute atomic E-state index is 0.0306. The van der Waals surface area contributed by atoms with Crippen LogP contribution in [0.2, 0.25) is 5.02 Å². The van der Waals surface area contributed by atoms with Crippen molar-refractivity contribution in [2.45, 2.75) is 19.9 Å². The lowest BCUT2D eigenvalue weighted by Gasteiger charge is -2.25. The molecule has 0 spiro atoms. The van der Waals surface area contributed by atoms with Crippen molar-refractivity contribution in [2.75, 3.05) is 12.4 Å². The van der Waals surface area contributed by atoms with Crippen LogP contribution in [-0.2, 0) is 0 Å². The molecule has 0 aliphatic rings. The van der Waals surface area contributed by atoms with Gasteiger partial charge < -0.3 is 10.2 Å². The van der Waals surface area contributed by atoms with Crippen LogP contribution < -0.4 is 5.32 Å². The molecule has 0 amide bonds. The van der Waals surface area contributed by atoms with Gasteiger partial charge in [-0.2, -0.15) is 0 Å². The zero-order valence-corrected chi connectivity index (χ0v) is 11.9. The van der Waals surface area contributed by atoms with E-state index in [4.69, 9.17) is 23.8 Å². The first kappa shape index (κ1) is 14.7. The molecule has 1 aromatic rings. The fourth-order valence-electron chi connectivity index (χ4n) is 1.16. The van der Waals surface area contributed by atoms with Gasteiger partial charge in [0.2, 0.25) is 0 Å². The van der Waals surface area contributed by atoms with Crippen molar-refractivity contribution in [1.82, 2.24) is 4.90 Å². The monoisotopic (exact) mass is 287 g/mol. The van der Waals surface area contributed by atoms with Crippen molar-refractivity contribution in [3.63, 3.8) is 0 Å². The highest BCUT2D eigenvalue weighted by atomic mass is 35.5. The molecular weight excluding hydrogens is 274 g/mol. The second kappa shape index (κ2) is 5.97. The van der Waals surface area contributed by atoms with E-state index in [2.05, 4.69) is 5.32 Å². The van der Waals surface area contributed by atoms with Crippen LogP contribution in [0.3, 0.4) is 0 Å². The third-order valence-corrected chi connectivity index (χ3v) is 3.22. The maximum Gasteiger partial charge on any atom is 0.271 e. The van der Waals surface area contributed by atoms with Gasteiger partial charge in [-0.25, -0.2) is 0 Å². The summed E-state index contributed by atoms with van der Waals surface area (Å²) in [6, 6.07) is 4.41. The summed E-state index contributed by atoms with van der Waals surface area (Å²) >= 11 is 11.2. The molecule has 1 N–H and O–H groups in total. The first-order chi connectivity index (χ1) is 8.32. The summed E-state index contributed by atoms with van der Waals surface area (Å²) in [5.41, 5.74) is 0.403. The number of thiocarbonyl (C=S) groups is 1. The predicted molar refractivity (Wildman–Crippen MR) is 77.2 cm³/mol. The van der Waals surface area contributed by atoms with E-state index >= 15 is 0 Å². The third kappa shape index (κ3) is 3.54. The predicted octanol–water partition coefficient (Wildman–Crippen LogP) is 3.29. The molecule has 0 saturated carbocycles. The van der Waals surface area contributed by atoms with Gasteiger partial charge in [0.25, 0.3) is 5.69 Å². The normalized spacial score (nSPS) is 10.3. The molecule has 98 valence electrons. The Morgan fingerprint density at radius 2 is 2.17 bits per heavy atom. The average Bonchev–Trinajstić information content (AvgIpc) is 2.30. The van der Waals surface area contributed by atoms with Crippen molar-refractivity contribution in [3.05, 3.63) is 33.3 Å². The summed E-state index contributed by atoms with van der Waals surface area (Å²) in [5.74, 6) is 0. The number of hydrogen-bond acceptors (Lipinski definition) is 3. The van der Waals surface area contributed by atoms with E-state index in [0.29, 0.717) is 15.8 Å². The first-order valence-electron chi connectivity index (χ1n) is 5.30. The summed E-state index contributed by atoms with van der Waals surface area (Å²) in [6.07, 6.45) is 0. The van der Waals surface area contributed by atoms with E-state index in [9.17, 15) is 10.1 Å². The Kier molecular flexibility index (Phi) is 4.86. The molecule has 5 nitrogen and oxygen atoms in total. The summed E-state index contributed by atoms with van der Waals surface area (Å²) in [7, 11) is 1.84. The van der Waals surface area contributed by atoms with Crippen LogP contribution in [0.5, 0.6) is 0 Å². The van der Waals surface area contributed by atoms with E-state index in [0.717, 1.165) is 0 Å². The van der Waals surface area contributed by atoms with Gasteiger partial charge in [0, 0.05) is 25.2 Å². The average molecular weight is 288 g/mol. The molecule has 0 atom stereocenters. The fourth-order valence-corrected chi connectivity index (χ4v) is 1.65. The number of non-ortho nitro benzene ring substituents is 1. The Hall–Kier alpha value is -1.40. The second-order valence-electron chi connectivity index (χ2n) is 4.06. The number of nitrogens with one attached hydrogen (secondary N) is 1. The summed E-state index contributed by atoms with van der Waals surface area (Å²) < 4.78 is 0. The number of hydrogen-bond donors (Lipinski definition) is 1. The molecule has 0 bridgehead atoms. The highest BCUT2D eigenvalue weighted by Crippen LogP contribution is 2.26. The zero-order chi connectivity index (χ0) is 13.9. The van der Waals surface area contributed by atoms with Gasteiger partial charge >= 0.3 is 0 Å². The van der Waals surface area contributed by atoms with Crippen LogP contribution in [0.1, 0.15) is 13.8 Å². The zero-order valence-electron chi connectivity index (χ0n) is 10.3. The number of anilines is 1. The molecule has 0 heterocycles.